The fourth-order valence-corrected chi connectivity index (χ4v) is 0.443. The number of aromatic amines is 1. The van der Waals surface area contributed by atoms with Gasteiger partial charge in [-0.15, -0.1) is 0 Å². The summed E-state index contributed by atoms with van der Waals surface area (Å²) in [5.74, 6) is -0.0556. The molecule has 1 heterocycles. The van der Waals surface area contributed by atoms with Gasteiger partial charge in [-0.25, -0.2) is 0 Å². The van der Waals surface area contributed by atoms with Gasteiger partial charge in [0, 0.05) is 6.20 Å². The molecule has 0 aliphatic heterocycles. The summed E-state index contributed by atoms with van der Waals surface area (Å²) in [6.07, 6.45) is 2.99. The van der Waals surface area contributed by atoms with Crippen LogP contribution in [0.3, 0.4) is 0 Å². The second-order valence-electron chi connectivity index (χ2n) is 1.34. The van der Waals surface area contributed by atoms with Gasteiger partial charge in [0.05, 0.1) is 0 Å². The van der Waals surface area contributed by atoms with Crippen molar-refractivity contribution < 1.29 is 9.90 Å². The van der Waals surface area contributed by atoms with Crippen molar-refractivity contribution in [2.45, 2.75) is 0 Å². The molecule has 0 spiro atoms. The average molecular weight is 110 g/mol. The van der Waals surface area contributed by atoms with Gasteiger partial charge in [0.15, 0.2) is 0 Å². The van der Waals surface area contributed by atoms with Crippen LogP contribution in [0.5, 0.6) is 5.75 Å². The fraction of sp³-hybridized carbons (Fsp3) is 0. The number of H-pyrrole nitrogens is 1. The predicted molar refractivity (Wildman–Crippen MR) is 27.3 cm³/mol. The van der Waals surface area contributed by atoms with E-state index in [1.165, 1.54) is 18.5 Å². The molecule has 8 heavy (non-hydrogen) atoms. The molecule has 1 aromatic rings. The van der Waals surface area contributed by atoms with E-state index >= 15 is 0 Å². The quantitative estimate of drug-likeness (QED) is 0.541. The molecule has 0 amide bonds. The van der Waals surface area contributed by atoms with Gasteiger partial charge >= 0.3 is 0 Å². The zero-order chi connectivity index (χ0) is 5.98. The summed E-state index contributed by atoms with van der Waals surface area (Å²) >= 11 is 0. The van der Waals surface area contributed by atoms with Crippen molar-refractivity contribution in [1.82, 2.24) is 4.98 Å². The lowest BCUT2D eigenvalue weighted by Crippen LogP contribution is -1.76. The predicted octanol–water partition coefficient (Wildman–Crippen LogP) is 0.178. The molecule has 41 valence electrons. The Balaban J connectivity index is 3.09. The van der Waals surface area contributed by atoms with Crippen LogP contribution in [-0.4, -0.2) is 16.4 Å². The van der Waals surface area contributed by atoms with E-state index in [0.29, 0.717) is 0 Å². The molecule has 2 N–H and O–H groups in total. The Kier molecular flexibility index (Phi) is 1.04. The van der Waals surface area contributed by atoms with Crippen molar-refractivity contribution in [3.05, 3.63) is 18.0 Å². The molecule has 1 aromatic heterocycles. The van der Waals surface area contributed by atoms with Crippen LogP contribution < -0.4 is 0 Å². The maximum absolute atomic E-state index is 9.77. The molecule has 0 saturated carbocycles. The molecular weight excluding hydrogens is 106 g/mol. The standard InChI is InChI=1S/C5H4NO2/c7-3-4-5(8)1-2-6-4/h1-2,6,8H. The molecule has 0 atom stereocenters. The normalized spacial score (nSPS) is 9.00. The second-order valence-corrected chi connectivity index (χ2v) is 1.34. The van der Waals surface area contributed by atoms with E-state index in [2.05, 4.69) is 4.98 Å². The van der Waals surface area contributed by atoms with Gasteiger partial charge in [0.25, 0.3) is 6.29 Å². The number of hydrogen-bond acceptors (Lipinski definition) is 2. The molecule has 0 aromatic carbocycles. The third-order valence-electron chi connectivity index (χ3n) is 0.827. The summed E-state index contributed by atoms with van der Waals surface area (Å²) in [4.78, 5) is 12.3. The molecule has 0 aliphatic carbocycles. The van der Waals surface area contributed by atoms with Crippen molar-refractivity contribution in [3.63, 3.8) is 0 Å². The van der Waals surface area contributed by atoms with Gasteiger partial charge < -0.3 is 10.1 Å². The first-order chi connectivity index (χ1) is 3.84. The maximum atomic E-state index is 9.77. The van der Waals surface area contributed by atoms with Crippen LogP contribution in [0.1, 0.15) is 5.69 Å². The monoisotopic (exact) mass is 110 g/mol. The summed E-state index contributed by atoms with van der Waals surface area (Å²) in [6.45, 7) is 0. The summed E-state index contributed by atoms with van der Waals surface area (Å²) in [5, 5.41) is 8.66. The lowest BCUT2D eigenvalue weighted by molar-refractivity contribution is 0.473. The number of hydrogen-bond donors (Lipinski definition) is 2. The van der Waals surface area contributed by atoms with E-state index in [-0.39, 0.29) is 11.4 Å². The van der Waals surface area contributed by atoms with Crippen LogP contribution in [0, 0.1) is 0 Å². The van der Waals surface area contributed by atoms with Gasteiger partial charge in [0.2, 0.25) is 0 Å². The van der Waals surface area contributed by atoms with E-state index in [1.54, 1.807) is 0 Å². The van der Waals surface area contributed by atoms with Gasteiger partial charge in [-0.2, -0.15) is 0 Å². The lowest BCUT2D eigenvalue weighted by Gasteiger charge is -1.78. The third-order valence-corrected chi connectivity index (χ3v) is 0.827. The van der Waals surface area contributed by atoms with Crippen molar-refractivity contribution in [3.8, 4) is 5.75 Å². The Labute approximate surface area is 46.0 Å². The Morgan fingerprint density at radius 1 is 1.75 bits per heavy atom. The fourth-order valence-electron chi connectivity index (χ4n) is 0.443. The van der Waals surface area contributed by atoms with Crippen molar-refractivity contribution in [1.29, 1.82) is 0 Å². The largest absolute Gasteiger partial charge is 0.506 e. The Hall–Kier alpha value is -1.25. The number of nitrogens with one attached hydrogen (secondary N) is 1. The highest BCUT2D eigenvalue weighted by atomic mass is 16.3. The molecule has 0 aliphatic rings. The van der Waals surface area contributed by atoms with E-state index in [1.807, 2.05) is 0 Å². The molecule has 0 fully saturated rings. The minimum Gasteiger partial charge on any atom is -0.506 e. The Bertz CT molecular complexity index is 192. The van der Waals surface area contributed by atoms with Crippen molar-refractivity contribution in [2.75, 3.05) is 0 Å². The number of aromatic hydroxyl groups is 1. The average Bonchev–Trinajstić information content (AvgIpc) is 2.14. The van der Waals surface area contributed by atoms with Gasteiger partial charge in [-0.1, -0.05) is 0 Å². The Morgan fingerprint density at radius 2 is 2.50 bits per heavy atom. The van der Waals surface area contributed by atoms with E-state index in [4.69, 9.17) is 5.11 Å². The number of carbonyl (C=O) groups excluding carboxylic acids is 1. The zero-order valence-electron chi connectivity index (χ0n) is 4.01. The molecule has 1 radical (unpaired) electrons. The van der Waals surface area contributed by atoms with Crippen LogP contribution in [0.15, 0.2) is 12.3 Å². The van der Waals surface area contributed by atoms with Crippen LogP contribution >= 0.6 is 0 Å². The summed E-state index contributed by atoms with van der Waals surface area (Å²) in [7, 11) is 0. The minimum atomic E-state index is -0.0556. The first kappa shape index (κ1) is 4.90. The molecular formula is C5H4NO2. The first-order valence-electron chi connectivity index (χ1n) is 2.09. The smallest absolute Gasteiger partial charge is 0.255 e. The molecule has 0 saturated heterocycles. The summed E-state index contributed by atoms with van der Waals surface area (Å²) in [5.41, 5.74) is 0.102. The second kappa shape index (κ2) is 1.69. The minimum absolute atomic E-state index is 0.0556. The zero-order valence-corrected chi connectivity index (χ0v) is 4.01. The SMILES string of the molecule is O=[C]c1[nH]ccc1O. The molecule has 1 rings (SSSR count). The summed E-state index contributed by atoms with van der Waals surface area (Å²) in [6, 6.07) is 1.39. The first-order valence-corrected chi connectivity index (χ1v) is 2.09. The molecule has 0 bridgehead atoms. The number of aromatic nitrogens is 1. The summed E-state index contributed by atoms with van der Waals surface area (Å²) < 4.78 is 0. The van der Waals surface area contributed by atoms with E-state index < -0.39 is 0 Å². The van der Waals surface area contributed by atoms with Crippen LogP contribution in [0.4, 0.5) is 0 Å². The van der Waals surface area contributed by atoms with Crippen LogP contribution in [-0.2, 0) is 4.79 Å². The molecule has 3 nitrogen and oxygen atoms in total. The third kappa shape index (κ3) is 0.578. The Morgan fingerprint density at radius 3 is 2.75 bits per heavy atom. The van der Waals surface area contributed by atoms with Crippen molar-refractivity contribution >= 4 is 6.29 Å². The van der Waals surface area contributed by atoms with Crippen molar-refractivity contribution in [2.24, 2.45) is 0 Å². The molecule has 0 unspecified atom stereocenters. The highest BCUT2D eigenvalue weighted by Crippen LogP contribution is 2.09. The topological polar surface area (TPSA) is 53.1 Å². The van der Waals surface area contributed by atoms with Crippen LogP contribution in [0.2, 0.25) is 0 Å². The molecule has 3 heteroatoms. The van der Waals surface area contributed by atoms with E-state index in [0.717, 1.165) is 0 Å². The van der Waals surface area contributed by atoms with Crippen LogP contribution in [0.25, 0.3) is 0 Å². The van der Waals surface area contributed by atoms with Gasteiger partial charge in [-0.3, -0.25) is 4.79 Å². The highest BCUT2D eigenvalue weighted by molar-refractivity contribution is 5.76. The number of rotatable bonds is 1. The lowest BCUT2D eigenvalue weighted by atomic mass is 10.4. The van der Waals surface area contributed by atoms with E-state index in [9.17, 15) is 4.79 Å². The van der Waals surface area contributed by atoms with Gasteiger partial charge in [-0.05, 0) is 6.07 Å². The van der Waals surface area contributed by atoms with Gasteiger partial charge in [0.1, 0.15) is 11.4 Å². The highest BCUT2D eigenvalue weighted by Gasteiger charge is 1.96. The maximum Gasteiger partial charge on any atom is 0.255 e.